The van der Waals surface area contributed by atoms with E-state index in [1.54, 1.807) is 30.3 Å². The van der Waals surface area contributed by atoms with Crippen molar-refractivity contribution in [2.75, 3.05) is 0 Å². The Morgan fingerprint density at radius 2 is 1.58 bits per heavy atom. The summed E-state index contributed by atoms with van der Waals surface area (Å²) in [5, 5.41) is 40.5. The number of nitro benzene ring substituents is 1. The fourth-order valence-corrected chi connectivity index (χ4v) is 4.07. The molecule has 0 aliphatic carbocycles. The van der Waals surface area contributed by atoms with Gasteiger partial charge in [0.05, 0.1) is 4.92 Å². The summed E-state index contributed by atoms with van der Waals surface area (Å²) in [4.78, 5) is 9.52. The number of rotatable bonds is 4. The maximum absolute atomic E-state index is 12.1. The van der Waals surface area contributed by atoms with Crippen LogP contribution in [0.15, 0.2) is 75.8 Å². The van der Waals surface area contributed by atoms with Gasteiger partial charge in [0.2, 0.25) is 0 Å². The zero-order valence-corrected chi connectivity index (χ0v) is 16.3. The number of fused-ring (bicyclic) bond motifs is 2. The van der Waals surface area contributed by atoms with Crippen molar-refractivity contribution < 1.29 is 28.1 Å². The molecule has 156 valence electrons. The molecule has 0 heterocycles. The highest BCUT2D eigenvalue weighted by atomic mass is 32.2. The number of aromatic hydroxyl groups is 2. The lowest BCUT2D eigenvalue weighted by atomic mass is 10.1. The minimum Gasteiger partial charge on any atom is -0.506 e. The van der Waals surface area contributed by atoms with Gasteiger partial charge in [0.1, 0.15) is 22.0 Å². The van der Waals surface area contributed by atoms with E-state index in [2.05, 4.69) is 10.2 Å². The number of nitrogens with zero attached hydrogens (tertiary/aromatic N) is 3. The van der Waals surface area contributed by atoms with E-state index in [4.69, 9.17) is 0 Å². The smallest absolute Gasteiger partial charge is 0.297 e. The van der Waals surface area contributed by atoms with E-state index in [9.17, 15) is 33.3 Å². The third-order valence-corrected chi connectivity index (χ3v) is 5.57. The Labute approximate surface area is 174 Å². The number of nitro groups is 1. The van der Waals surface area contributed by atoms with Gasteiger partial charge in [-0.3, -0.25) is 14.7 Å². The van der Waals surface area contributed by atoms with Gasteiger partial charge in [-0.05, 0) is 29.0 Å². The Morgan fingerprint density at radius 1 is 0.871 bits per heavy atom. The first-order valence-corrected chi connectivity index (χ1v) is 10.1. The van der Waals surface area contributed by atoms with E-state index in [1.807, 2.05) is 0 Å². The molecule has 31 heavy (non-hydrogen) atoms. The molecule has 0 fully saturated rings. The van der Waals surface area contributed by atoms with Gasteiger partial charge < -0.3 is 10.2 Å². The number of azo groups is 1. The molecule has 11 heteroatoms. The fraction of sp³-hybridized carbons (Fsp3) is 0. The van der Waals surface area contributed by atoms with Gasteiger partial charge in [0, 0.05) is 22.9 Å². The number of hydrogen-bond donors (Lipinski definition) is 3. The van der Waals surface area contributed by atoms with Crippen LogP contribution in [0.25, 0.3) is 21.5 Å². The second-order valence-corrected chi connectivity index (χ2v) is 7.92. The largest absolute Gasteiger partial charge is 0.506 e. The molecular weight excluding hydrogens is 426 g/mol. The maximum atomic E-state index is 12.1. The number of non-ortho nitro benzene ring substituents is 1. The summed E-state index contributed by atoms with van der Waals surface area (Å²) in [6, 6.07) is 14.5. The molecule has 0 amide bonds. The quantitative estimate of drug-likeness (QED) is 0.175. The van der Waals surface area contributed by atoms with Gasteiger partial charge in [-0.2, -0.15) is 8.42 Å². The Morgan fingerprint density at radius 3 is 2.29 bits per heavy atom. The van der Waals surface area contributed by atoms with Crippen LogP contribution < -0.4 is 0 Å². The summed E-state index contributed by atoms with van der Waals surface area (Å²) in [6.07, 6.45) is 0. The predicted octanol–water partition coefficient (Wildman–Crippen LogP) is 4.97. The normalized spacial score (nSPS) is 12.0. The molecule has 0 radical (unpaired) electrons. The monoisotopic (exact) mass is 439 g/mol. The van der Waals surface area contributed by atoms with Crippen LogP contribution in [0.2, 0.25) is 0 Å². The molecule has 0 saturated heterocycles. The molecule has 0 spiro atoms. The minimum atomic E-state index is -4.97. The Bertz CT molecular complexity index is 1510. The first-order chi connectivity index (χ1) is 14.7. The van der Waals surface area contributed by atoms with Crippen LogP contribution >= 0.6 is 0 Å². The minimum absolute atomic E-state index is 0.0153. The van der Waals surface area contributed by atoms with Gasteiger partial charge in [-0.25, -0.2) is 0 Å². The SMILES string of the molecule is O=[N+]([O-])c1ccc2cc(O)c(N=Nc3ccc4ccccc4c3O)c(S(=O)(=O)O)c2c1. The van der Waals surface area contributed by atoms with Crippen LogP contribution in [-0.2, 0) is 10.1 Å². The summed E-state index contributed by atoms with van der Waals surface area (Å²) >= 11 is 0. The second-order valence-electron chi connectivity index (χ2n) is 6.57. The molecular formula is C20H13N3O7S. The van der Waals surface area contributed by atoms with Crippen LogP contribution in [0.3, 0.4) is 0 Å². The maximum Gasteiger partial charge on any atom is 0.297 e. The third kappa shape index (κ3) is 3.63. The van der Waals surface area contributed by atoms with Crippen molar-refractivity contribution in [1.29, 1.82) is 0 Å². The van der Waals surface area contributed by atoms with E-state index >= 15 is 0 Å². The Balaban J connectivity index is 1.96. The highest BCUT2D eigenvalue weighted by Crippen LogP contribution is 2.43. The van der Waals surface area contributed by atoms with Crippen molar-refractivity contribution in [1.82, 2.24) is 0 Å². The molecule has 4 aromatic carbocycles. The van der Waals surface area contributed by atoms with E-state index in [0.29, 0.717) is 5.39 Å². The Hall–Kier alpha value is -4.09. The fourth-order valence-electron chi connectivity index (χ4n) is 3.23. The Kier molecular flexibility index (Phi) is 4.76. The van der Waals surface area contributed by atoms with Crippen molar-refractivity contribution in [2.24, 2.45) is 10.2 Å². The lowest BCUT2D eigenvalue weighted by Gasteiger charge is -2.09. The van der Waals surface area contributed by atoms with Crippen LogP contribution in [0.1, 0.15) is 0 Å². The average Bonchev–Trinajstić information content (AvgIpc) is 2.72. The highest BCUT2D eigenvalue weighted by molar-refractivity contribution is 7.86. The van der Waals surface area contributed by atoms with Crippen molar-refractivity contribution in [3.8, 4) is 11.5 Å². The zero-order valence-electron chi connectivity index (χ0n) is 15.5. The number of phenolic OH excluding ortho intramolecular Hbond substituents is 2. The topological polar surface area (TPSA) is 163 Å². The lowest BCUT2D eigenvalue weighted by molar-refractivity contribution is -0.384. The summed E-state index contributed by atoms with van der Waals surface area (Å²) < 4.78 is 33.9. The molecule has 0 atom stereocenters. The molecule has 3 N–H and O–H groups in total. The average molecular weight is 439 g/mol. The number of phenols is 2. The highest BCUT2D eigenvalue weighted by Gasteiger charge is 2.25. The van der Waals surface area contributed by atoms with Crippen LogP contribution in [-0.4, -0.2) is 28.1 Å². The first-order valence-electron chi connectivity index (χ1n) is 8.71. The van der Waals surface area contributed by atoms with Gasteiger partial charge >= 0.3 is 0 Å². The molecule has 0 aromatic heterocycles. The van der Waals surface area contributed by atoms with Crippen LogP contribution in [0.5, 0.6) is 11.5 Å². The molecule has 4 aromatic rings. The summed E-state index contributed by atoms with van der Waals surface area (Å²) in [6.45, 7) is 0. The standard InChI is InChI=1S/C20H13N3O7S/c24-17-9-12-5-7-13(23(26)27)10-15(12)20(31(28,29)30)18(17)22-21-16-8-6-11-3-1-2-4-14(11)19(16)25/h1-10,24-25H,(H,28,29,30). The molecule has 4 rings (SSSR count). The van der Waals surface area contributed by atoms with Gasteiger partial charge in [-0.1, -0.05) is 30.3 Å². The van der Waals surface area contributed by atoms with E-state index < -0.39 is 37.1 Å². The number of benzene rings is 4. The van der Waals surface area contributed by atoms with Gasteiger partial charge in [0.15, 0.2) is 5.75 Å². The van der Waals surface area contributed by atoms with E-state index in [-0.39, 0.29) is 22.2 Å². The first kappa shape index (κ1) is 20.2. The molecule has 0 aliphatic heterocycles. The van der Waals surface area contributed by atoms with Gasteiger partial charge in [-0.15, -0.1) is 10.2 Å². The van der Waals surface area contributed by atoms with Crippen molar-refractivity contribution >= 4 is 48.7 Å². The second kappa shape index (κ2) is 7.31. The number of hydrogen-bond acceptors (Lipinski definition) is 8. The predicted molar refractivity (Wildman–Crippen MR) is 112 cm³/mol. The van der Waals surface area contributed by atoms with Crippen molar-refractivity contribution in [2.45, 2.75) is 4.90 Å². The molecule has 0 saturated carbocycles. The van der Waals surface area contributed by atoms with Crippen LogP contribution in [0.4, 0.5) is 17.1 Å². The summed E-state index contributed by atoms with van der Waals surface area (Å²) in [5.41, 5.74) is -1.06. The van der Waals surface area contributed by atoms with Crippen molar-refractivity contribution in [3.05, 3.63) is 70.8 Å². The van der Waals surface area contributed by atoms with E-state index in [1.165, 1.54) is 12.1 Å². The third-order valence-electron chi connectivity index (χ3n) is 4.64. The van der Waals surface area contributed by atoms with Crippen molar-refractivity contribution in [3.63, 3.8) is 0 Å². The summed E-state index contributed by atoms with van der Waals surface area (Å²) in [5.74, 6) is -0.843. The lowest BCUT2D eigenvalue weighted by Crippen LogP contribution is -2.01. The zero-order chi connectivity index (χ0) is 22.3. The molecule has 0 aliphatic rings. The molecule has 0 unspecified atom stereocenters. The molecule has 10 nitrogen and oxygen atoms in total. The van der Waals surface area contributed by atoms with E-state index in [0.717, 1.165) is 23.6 Å². The molecule has 0 bridgehead atoms. The summed E-state index contributed by atoms with van der Waals surface area (Å²) in [7, 11) is -4.97. The van der Waals surface area contributed by atoms with Crippen LogP contribution in [0, 0.1) is 10.1 Å². The van der Waals surface area contributed by atoms with Gasteiger partial charge in [0.25, 0.3) is 15.8 Å².